The van der Waals surface area contributed by atoms with Crippen LogP contribution in [0.15, 0.2) is 53.4 Å². The van der Waals surface area contributed by atoms with Gasteiger partial charge in [0.2, 0.25) is 5.91 Å². The first-order valence-corrected chi connectivity index (χ1v) is 10.2. The second-order valence-electron chi connectivity index (χ2n) is 6.16. The van der Waals surface area contributed by atoms with E-state index in [0.29, 0.717) is 18.8 Å². The number of hydrogen-bond donors (Lipinski definition) is 0. The van der Waals surface area contributed by atoms with Crippen LogP contribution in [-0.4, -0.2) is 38.9 Å². The van der Waals surface area contributed by atoms with Crippen LogP contribution in [0.4, 0.5) is 5.69 Å². The molecule has 2 aromatic carbocycles. The van der Waals surface area contributed by atoms with Gasteiger partial charge in [0, 0.05) is 13.1 Å². The van der Waals surface area contributed by atoms with Gasteiger partial charge in [0.05, 0.1) is 10.6 Å². The van der Waals surface area contributed by atoms with Gasteiger partial charge in [0.25, 0.3) is 10.0 Å². The fourth-order valence-electron chi connectivity index (χ4n) is 2.71. The molecule has 0 radical (unpaired) electrons. The highest BCUT2D eigenvalue weighted by Gasteiger charge is 2.28. The van der Waals surface area contributed by atoms with E-state index >= 15 is 0 Å². The van der Waals surface area contributed by atoms with Crippen molar-refractivity contribution in [3.05, 3.63) is 59.7 Å². The molecule has 0 N–H and O–H groups in total. The van der Waals surface area contributed by atoms with Crippen LogP contribution in [0.3, 0.4) is 0 Å². The maximum atomic E-state index is 13.2. The molecule has 0 spiro atoms. The number of amides is 1. The third-order valence-electron chi connectivity index (χ3n) is 4.50. The molecule has 0 heterocycles. The summed E-state index contributed by atoms with van der Waals surface area (Å²) in [5, 5.41) is 0. The Kier molecular flexibility index (Phi) is 6.42. The maximum Gasteiger partial charge on any atom is 0.264 e. The van der Waals surface area contributed by atoms with Gasteiger partial charge in [-0.15, -0.1) is 0 Å². The third-order valence-corrected chi connectivity index (χ3v) is 6.29. The molecule has 0 aliphatic heterocycles. The van der Waals surface area contributed by atoms with Crippen molar-refractivity contribution in [1.82, 2.24) is 4.90 Å². The van der Waals surface area contributed by atoms with E-state index < -0.39 is 10.0 Å². The Morgan fingerprint density at radius 3 is 2.08 bits per heavy atom. The zero-order chi connectivity index (χ0) is 19.3. The quantitative estimate of drug-likeness (QED) is 0.747. The Morgan fingerprint density at radius 2 is 1.54 bits per heavy atom. The first-order chi connectivity index (χ1) is 12.3. The average molecular weight is 375 g/mol. The largest absolute Gasteiger partial charge is 0.342 e. The lowest BCUT2D eigenvalue weighted by atomic mass is 10.1. The molecule has 6 heteroatoms. The first kappa shape index (κ1) is 20.0. The molecule has 26 heavy (non-hydrogen) atoms. The van der Waals surface area contributed by atoms with Gasteiger partial charge in [-0.2, -0.15) is 0 Å². The summed E-state index contributed by atoms with van der Waals surface area (Å²) < 4.78 is 27.6. The van der Waals surface area contributed by atoms with E-state index in [1.807, 2.05) is 39.8 Å². The van der Waals surface area contributed by atoms with Gasteiger partial charge in [0.1, 0.15) is 6.54 Å². The lowest BCUT2D eigenvalue weighted by Crippen LogP contribution is -2.43. The molecule has 5 nitrogen and oxygen atoms in total. The van der Waals surface area contributed by atoms with Crippen LogP contribution in [-0.2, 0) is 14.8 Å². The topological polar surface area (TPSA) is 57.7 Å². The van der Waals surface area contributed by atoms with Gasteiger partial charge in [0.15, 0.2) is 0 Å². The molecular weight excluding hydrogens is 348 g/mol. The first-order valence-electron chi connectivity index (χ1n) is 8.74. The van der Waals surface area contributed by atoms with Gasteiger partial charge in [-0.1, -0.05) is 24.3 Å². The number of benzene rings is 2. The Balaban J connectivity index is 2.51. The number of carbonyl (C=O) groups excluding carboxylic acids is 1. The summed E-state index contributed by atoms with van der Waals surface area (Å²) >= 11 is 0. The molecule has 0 aromatic heterocycles. The molecule has 0 saturated heterocycles. The molecular formula is C20H26N2O3S. The number of likely N-dealkylation sites (N-methyl/N-ethyl adjacent to an activating group) is 1. The number of anilines is 1. The molecule has 1 amide bonds. The summed E-state index contributed by atoms with van der Waals surface area (Å²) in [4.78, 5) is 14.4. The number of sulfonamides is 1. The lowest BCUT2D eigenvalue weighted by Gasteiger charge is -2.27. The predicted octanol–water partition coefficient (Wildman–Crippen LogP) is 3.37. The number of nitrogens with zero attached hydrogens (tertiary/aromatic N) is 2. The average Bonchev–Trinajstić information content (AvgIpc) is 2.63. The van der Waals surface area contributed by atoms with Gasteiger partial charge in [-0.05, 0) is 63.1 Å². The highest BCUT2D eigenvalue weighted by molar-refractivity contribution is 7.92. The number of rotatable bonds is 7. The molecule has 2 rings (SSSR count). The monoisotopic (exact) mass is 374 g/mol. The van der Waals surface area contributed by atoms with Crippen molar-refractivity contribution in [2.24, 2.45) is 0 Å². The normalized spacial score (nSPS) is 11.2. The van der Waals surface area contributed by atoms with Gasteiger partial charge < -0.3 is 4.90 Å². The van der Waals surface area contributed by atoms with E-state index in [1.54, 1.807) is 41.3 Å². The molecule has 0 fully saturated rings. The van der Waals surface area contributed by atoms with Gasteiger partial charge in [-0.25, -0.2) is 8.42 Å². The second kappa shape index (κ2) is 8.36. The summed E-state index contributed by atoms with van der Waals surface area (Å²) in [5.74, 6) is -0.215. The highest BCUT2D eigenvalue weighted by Crippen LogP contribution is 2.25. The fourth-order valence-corrected chi connectivity index (χ4v) is 4.14. The second-order valence-corrected chi connectivity index (χ2v) is 8.02. The molecule has 2 aromatic rings. The predicted molar refractivity (Wildman–Crippen MR) is 105 cm³/mol. The minimum Gasteiger partial charge on any atom is -0.342 e. The summed E-state index contributed by atoms with van der Waals surface area (Å²) in [6, 6.07) is 13.6. The number of aryl methyl sites for hydroxylation is 2. The zero-order valence-electron chi connectivity index (χ0n) is 15.8. The summed E-state index contributed by atoms with van der Waals surface area (Å²) in [6.45, 7) is 8.53. The third kappa shape index (κ3) is 4.25. The van der Waals surface area contributed by atoms with E-state index in [0.717, 1.165) is 11.1 Å². The van der Waals surface area contributed by atoms with Crippen LogP contribution >= 0.6 is 0 Å². The summed E-state index contributed by atoms with van der Waals surface area (Å²) in [5.41, 5.74) is 2.55. The van der Waals surface area contributed by atoms with E-state index in [9.17, 15) is 13.2 Å². The van der Waals surface area contributed by atoms with Crippen molar-refractivity contribution in [2.75, 3.05) is 23.9 Å². The summed E-state index contributed by atoms with van der Waals surface area (Å²) in [6.07, 6.45) is 0. The zero-order valence-corrected chi connectivity index (χ0v) is 16.6. The van der Waals surface area contributed by atoms with E-state index in [-0.39, 0.29) is 17.3 Å². The van der Waals surface area contributed by atoms with Crippen LogP contribution in [0, 0.1) is 13.8 Å². The summed E-state index contributed by atoms with van der Waals surface area (Å²) in [7, 11) is -3.84. The molecule has 0 atom stereocenters. The maximum absolute atomic E-state index is 13.2. The standard InChI is InChI=1S/C20H26N2O3S/c1-5-21(6-2)20(23)15-22(18-13-12-16(3)17(4)14-18)26(24,25)19-10-8-7-9-11-19/h7-14H,5-6,15H2,1-4H3. The smallest absolute Gasteiger partial charge is 0.264 e. The van der Waals surface area contributed by atoms with Gasteiger partial charge >= 0.3 is 0 Å². The Hall–Kier alpha value is -2.34. The molecule has 0 unspecified atom stereocenters. The molecule has 140 valence electrons. The Bertz CT molecular complexity index is 860. The number of hydrogen-bond acceptors (Lipinski definition) is 3. The van der Waals surface area contributed by atoms with Gasteiger partial charge in [-0.3, -0.25) is 9.10 Å². The van der Waals surface area contributed by atoms with Crippen molar-refractivity contribution in [2.45, 2.75) is 32.6 Å². The van der Waals surface area contributed by atoms with E-state index in [1.165, 1.54) is 4.31 Å². The van der Waals surface area contributed by atoms with Crippen LogP contribution in [0.2, 0.25) is 0 Å². The molecule has 0 saturated carbocycles. The SMILES string of the molecule is CCN(CC)C(=O)CN(c1ccc(C)c(C)c1)S(=O)(=O)c1ccccc1. The number of carbonyl (C=O) groups is 1. The van der Waals surface area contributed by atoms with Crippen LogP contribution in [0.1, 0.15) is 25.0 Å². The van der Waals surface area contributed by atoms with E-state index in [2.05, 4.69) is 0 Å². The Morgan fingerprint density at radius 1 is 0.923 bits per heavy atom. The minimum atomic E-state index is -3.84. The fraction of sp³-hybridized carbons (Fsp3) is 0.350. The van der Waals surface area contributed by atoms with Crippen LogP contribution in [0.5, 0.6) is 0 Å². The van der Waals surface area contributed by atoms with Crippen molar-refractivity contribution in [1.29, 1.82) is 0 Å². The van der Waals surface area contributed by atoms with Crippen molar-refractivity contribution in [3.8, 4) is 0 Å². The highest BCUT2D eigenvalue weighted by atomic mass is 32.2. The van der Waals surface area contributed by atoms with E-state index in [4.69, 9.17) is 0 Å². The van der Waals surface area contributed by atoms with Crippen molar-refractivity contribution in [3.63, 3.8) is 0 Å². The minimum absolute atomic E-state index is 0.172. The lowest BCUT2D eigenvalue weighted by molar-refractivity contribution is -0.129. The molecule has 0 bridgehead atoms. The van der Waals surface area contributed by atoms with Crippen LogP contribution in [0.25, 0.3) is 0 Å². The Labute approximate surface area is 156 Å². The molecule has 0 aliphatic rings. The molecule has 0 aliphatic carbocycles. The van der Waals surface area contributed by atoms with Crippen molar-refractivity contribution < 1.29 is 13.2 Å². The van der Waals surface area contributed by atoms with Crippen molar-refractivity contribution >= 4 is 21.6 Å². The van der Waals surface area contributed by atoms with Crippen LogP contribution < -0.4 is 4.31 Å².